The van der Waals surface area contributed by atoms with Gasteiger partial charge < -0.3 is 0 Å². The van der Waals surface area contributed by atoms with E-state index < -0.39 is 15.0 Å². The first kappa shape index (κ1) is 20.1. The van der Waals surface area contributed by atoms with Crippen LogP contribution >= 0.6 is 11.3 Å². The zero-order valence-electron chi connectivity index (χ0n) is 15.4. The van der Waals surface area contributed by atoms with Gasteiger partial charge in [-0.2, -0.15) is 0 Å². The Kier molecular flexibility index (Phi) is 6.48. The predicted molar refractivity (Wildman–Crippen MR) is 110 cm³/mol. The number of esters is 2. The van der Waals surface area contributed by atoms with Crippen LogP contribution in [0.2, 0.25) is 0 Å². The quantitative estimate of drug-likeness (QED) is 0.416. The number of ether oxygens (including phenoxy) is 2. The molecular formula is C21H17NO4SSe. The number of nitrogens with zero attached hydrogens (tertiary/aromatic N) is 1. The number of thiophene rings is 1. The molecule has 3 rings (SSSR count). The minimum absolute atomic E-state index is 0.304. The van der Waals surface area contributed by atoms with Gasteiger partial charge in [0.2, 0.25) is 0 Å². The number of carbonyl (C=O) groups is 2. The Bertz CT molecular complexity index is 1080. The molecule has 0 aliphatic rings. The fourth-order valence-electron chi connectivity index (χ4n) is 2.71. The minimum atomic E-state index is -0.426. The van der Waals surface area contributed by atoms with E-state index >= 15 is 0 Å². The van der Waals surface area contributed by atoms with Crippen LogP contribution in [0.25, 0.3) is 20.5 Å². The van der Waals surface area contributed by atoms with Gasteiger partial charge in [0, 0.05) is 0 Å². The molecule has 0 saturated heterocycles. The Hall–Kier alpha value is -2.65. The summed E-state index contributed by atoms with van der Waals surface area (Å²) >= 11 is 1.11. The van der Waals surface area contributed by atoms with E-state index in [-0.39, 0.29) is 11.9 Å². The molecule has 2 aromatic carbocycles. The summed E-state index contributed by atoms with van der Waals surface area (Å²) in [7, 11) is 0. The van der Waals surface area contributed by atoms with E-state index in [2.05, 4.69) is 4.97 Å². The standard InChI is InChI=1S/C21H17NO4SSe/c1-3-25-20(23)14-6-5-13-9-18(27-17(13)10-14)16-8-7-15(21(24)26-4-2)11-19(16)28-12-22/h5-11H,3-4H2,1-2H3. The number of hydrogen-bond donors (Lipinski definition) is 0. The monoisotopic (exact) mass is 459 g/mol. The summed E-state index contributed by atoms with van der Waals surface area (Å²) in [5.41, 5.74) is 1.89. The molecule has 0 saturated carbocycles. The number of fused-ring (bicyclic) bond motifs is 1. The van der Waals surface area contributed by atoms with Gasteiger partial charge in [0.05, 0.1) is 0 Å². The molecule has 0 unspecified atom stereocenters. The number of hydrogen-bond acceptors (Lipinski definition) is 6. The molecule has 7 heteroatoms. The molecule has 0 aliphatic heterocycles. The number of rotatable bonds is 6. The van der Waals surface area contributed by atoms with E-state index in [4.69, 9.17) is 9.47 Å². The molecule has 0 amide bonds. The van der Waals surface area contributed by atoms with Crippen molar-refractivity contribution in [1.29, 1.82) is 5.26 Å². The van der Waals surface area contributed by atoms with Gasteiger partial charge >= 0.3 is 173 Å². The van der Waals surface area contributed by atoms with E-state index in [1.807, 2.05) is 24.3 Å². The molecule has 1 heterocycles. The molecule has 142 valence electrons. The Labute approximate surface area is 173 Å². The van der Waals surface area contributed by atoms with E-state index in [0.717, 1.165) is 25.0 Å². The van der Waals surface area contributed by atoms with Crippen molar-refractivity contribution in [3.05, 3.63) is 53.6 Å². The third-order valence-corrected chi connectivity index (χ3v) is 6.44. The first-order valence-corrected chi connectivity index (χ1v) is 11.2. The summed E-state index contributed by atoms with van der Waals surface area (Å²) in [6, 6.07) is 12.8. The topological polar surface area (TPSA) is 76.4 Å². The van der Waals surface area contributed by atoms with E-state index in [9.17, 15) is 14.9 Å². The Balaban J connectivity index is 2.02. The van der Waals surface area contributed by atoms with Gasteiger partial charge in [-0.05, 0) is 0 Å². The van der Waals surface area contributed by atoms with Gasteiger partial charge in [0.1, 0.15) is 0 Å². The van der Waals surface area contributed by atoms with Gasteiger partial charge in [0.25, 0.3) is 0 Å². The zero-order valence-corrected chi connectivity index (χ0v) is 17.9. The van der Waals surface area contributed by atoms with Crippen molar-refractivity contribution in [3.8, 4) is 15.4 Å². The van der Waals surface area contributed by atoms with Gasteiger partial charge in [-0.1, -0.05) is 0 Å². The van der Waals surface area contributed by atoms with Crippen LogP contribution in [0.3, 0.4) is 0 Å². The summed E-state index contributed by atoms with van der Waals surface area (Å²) in [6.07, 6.45) is 0. The molecule has 28 heavy (non-hydrogen) atoms. The summed E-state index contributed by atoms with van der Waals surface area (Å²) < 4.78 is 11.9. The summed E-state index contributed by atoms with van der Waals surface area (Å²) in [5, 5.41) is 10.2. The fraction of sp³-hybridized carbons (Fsp3) is 0.190. The molecular weight excluding hydrogens is 441 g/mol. The number of benzene rings is 2. The average molecular weight is 458 g/mol. The first-order chi connectivity index (χ1) is 13.6. The molecule has 0 radical (unpaired) electrons. The van der Waals surface area contributed by atoms with Crippen LogP contribution in [-0.2, 0) is 9.47 Å². The molecule has 0 fully saturated rings. The van der Waals surface area contributed by atoms with E-state index in [1.54, 1.807) is 43.4 Å². The van der Waals surface area contributed by atoms with Gasteiger partial charge in [-0.25, -0.2) is 0 Å². The zero-order chi connectivity index (χ0) is 20.1. The van der Waals surface area contributed by atoms with Crippen molar-refractivity contribution in [2.45, 2.75) is 13.8 Å². The van der Waals surface area contributed by atoms with Crippen LogP contribution in [0.4, 0.5) is 0 Å². The van der Waals surface area contributed by atoms with Crippen LogP contribution in [0.15, 0.2) is 42.5 Å². The van der Waals surface area contributed by atoms with Crippen molar-refractivity contribution in [1.82, 2.24) is 0 Å². The van der Waals surface area contributed by atoms with Crippen LogP contribution in [-0.4, -0.2) is 40.1 Å². The maximum atomic E-state index is 12.0. The Morgan fingerprint density at radius 1 is 1.00 bits per heavy atom. The molecule has 3 aromatic rings. The molecule has 0 N–H and O–H groups in total. The number of carbonyl (C=O) groups excluding carboxylic acids is 2. The van der Waals surface area contributed by atoms with Crippen molar-refractivity contribution >= 4 is 52.8 Å². The van der Waals surface area contributed by atoms with Gasteiger partial charge in [-0.3, -0.25) is 0 Å². The molecule has 0 spiro atoms. The van der Waals surface area contributed by atoms with E-state index in [1.165, 1.54) is 0 Å². The third-order valence-electron chi connectivity index (χ3n) is 3.95. The maximum absolute atomic E-state index is 12.0. The summed E-state index contributed by atoms with van der Waals surface area (Å²) in [4.78, 5) is 27.2. The Morgan fingerprint density at radius 2 is 1.64 bits per heavy atom. The predicted octanol–water partition coefficient (Wildman–Crippen LogP) is 3.73. The molecule has 1 aromatic heterocycles. The van der Waals surface area contributed by atoms with Gasteiger partial charge in [-0.15, -0.1) is 0 Å². The SMILES string of the molecule is CCOC(=O)c1ccc(-c2cc3ccc(C(=O)OCC)cc3s2)c([Se]C#N)c1. The molecule has 5 nitrogen and oxygen atoms in total. The van der Waals surface area contributed by atoms with Crippen molar-refractivity contribution in [2.75, 3.05) is 13.2 Å². The van der Waals surface area contributed by atoms with Crippen LogP contribution < -0.4 is 4.46 Å². The third kappa shape index (κ3) is 4.26. The number of nitriles is 1. The van der Waals surface area contributed by atoms with Crippen LogP contribution in [0.1, 0.15) is 34.6 Å². The average Bonchev–Trinajstić information content (AvgIpc) is 3.11. The van der Waals surface area contributed by atoms with Crippen LogP contribution in [0.5, 0.6) is 0 Å². The fourth-order valence-corrected chi connectivity index (χ4v) is 5.19. The summed E-state index contributed by atoms with van der Waals surface area (Å²) in [5.74, 6) is -0.730. The molecule has 0 atom stereocenters. The Morgan fingerprint density at radius 3 is 2.29 bits per heavy atom. The molecule has 0 aliphatic carbocycles. The summed E-state index contributed by atoms with van der Waals surface area (Å²) in [6.45, 7) is 4.17. The van der Waals surface area contributed by atoms with Crippen LogP contribution in [0, 0.1) is 10.2 Å². The second kappa shape index (κ2) is 9.03. The second-order valence-electron chi connectivity index (χ2n) is 5.71. The van der Waals surface area contributed by atoms with Gasteiger partial charge in [0.15, 0.2) is 0 Å². The second-order valence-corrected chi connectivity index (χ2v) is 8.53. The van der Waals surface area contributed by atoms with Crippen molar-refractivity contribution in [2.24, 2.45) is 0 Å². The normalized spacial score (nSPS) is 10.5. The van der Waals surface area contributed by atoms with Crippen molar-refractivity contribution < 1.29 is 19.1 Å². The van der Waals surface area contributed by atoms with Crippen molar-refractivity contribution in [3.63, 3.8) is 0 Å². The van der Waals surface area contributed by atoms with E-state index in [0.29, 0.717) is 24.3 Å². The molecule has 0 bridgehead atoms. The first-order valence-electron chi connectivity index (χ1n) is 8.65.